The highest BCUT2D eigenvalue weighted by molar-refractivity contribution is 6.11. The van der Waals surface area contributed by atoms with E-state index in [-0.39, 0.29) is 17.9 Å². The molecule has 3 N–H and O–H groups in total. The number of hydrogen-bond acceptors (Lipinski definition) is 4. The molecule has 8 heteroatoms. The minimum Gasteiger partial charge on any atom is -0.345 e. The number of urea groups is 1. The normalized spacial score (nSPS) is 22.6. The average molecular weight is 477 g/mol. The molecule has 5 amide bonds. The molecule has 1 saturated carbocycles. The van der Waals surface area contributed by atoms with E-state index in [1.165, 1.54) is 0 Å². The van der Waals surface area contributed by atoms with E-state index >= 15 is 0 Å². The largest absolute Gasteiger partial charge is 0.345 e. The molecule has 1 heterocycles. The van der Waals surface area contributed by atoms with Crippen LogP contribution in [0.1, 0.15) is 67.9 Å². The smallest absolute Gasteiger partial charge is 0.325 e. The topological polar surface area (TPSA) is 108 Å². The van der Waals surface area contributed by atoms with E-state index in [1.54, 1.807) is 24.3 Å². The van der Waals surface area contributed by atoms with Gasteiger partial charge >= 0.3 is 6.03 Å². The van der Waals surface area contributed by atoms with Crippen LogP contribution in [-0.4, -0.2) is 40.7 Å². The van der Waals surface area contributed by atoms with Crippen LogP contribution >= 0.6 is 0 Å². The summed E-state index contributed by atoms with van der Waals surface area (Å²) >= 11 is 0. The van der Waals surface area contributed by atoms with E-state index in [4.69, 9.17) is 0 Å². The summed E-state index contributed by atoms with van der Waals surface area (Å²) in [6.07, 6.45) is 4.01. The predicted octanol–water partition coefficient (Wildman–Crippen LogP) is 4.01. The lowest BCUT2D eigenvalue weighted by molar-refractivity contribution is -0.135. The van der Waals surface area contributed by atoms with Crippen molar-refractivity contribution < 1.29 is 19.2 Å². The second-order valence-corrected chi connectivity index (χ2v) is 9.45. The SMILES string of the molecule is CCC1CCC2(CC1)NC(=O)N(CC(=O)Nc1ccccc1C(=O)N[C@H](C)c1ccccc1)C2=O. The van der Waals surface area contributed by atoms with E-state index < -0.39 is 24.0 Å². The number of nitrogens with one attached hydrogen (secondary N) is 3. The van der Waals surface area contributed by atoms with Gasteiger partial charge in [0.1, 0.15) is 12.1 Å². The number of hydrogen-bond donors (Lipinski definition) is 3. The first-order valence-corrected chi connectivity index (χ1v) is 12.2. The molecule has 0 unspecified atom stereocenters. The van der Waals surface area contributed by atoms with Gasteiger partial charge in [-0.05, 0) is 56.2 Å². The standard InChI is InChI=1S/C27H32N4O4/c1-3-19-13-15-27(16-14-19)25(34)31(26(35)30-27)17-23(32)29-22-12-8-7-11-21(22)24(33)28-18(2)20-9-5-4-6-10-20/h4-12,18-19H,3,13-17H2,1-2H3,(H,28,33)(H,29,32)(H,30,35)/t18-,19?,27?/m1/s1. The van der Waals surface area contributed by atoms with E-state index in [2.05, 4.69) is 22.9 Å². The monoisotopic (exact) mass is 476 g/mol. The second-order valence-electron chi connectivity index (χ2n) is 9.45. The zero-order valence-electron chi connectivity index (χ0n) is 20.2. The Bertz CT molecular complexity index is 1110. The maximum atomic E-state index is 13.1. The second kappa shape index (κ2) is 10.3. The summed E-state index contributed by atoms with van der Waals surface area (Å²) in [6, 6.07) is 15.5. The molecule has 1 aliphatic carbocycles. The lowest BCUT2D eigenvalue weighted by Crippen LogP contribution is -2.49. The number of nitrogens with zero attached hydrogens (tertiary/aromatic N) is 1. The van der Waals surface area contributed by atoms with Crippen molar-refractivity contribution in [2.45, 2.75) is 57.5 Å². The third kappa shape index (κ3) is 5.21. The highest BCUT2D eigenvalue weighted by Crippen LogP contribution is 2.37. The first-order valence-electron chi connectivity index (χ1n) is 12.2. The molecule has 2 aliphatic rings. The van der Waals surface area contributed by atoms with Crippen molar-refractivity contribution in [3.8, 4) is 0 Å². The highest BCUT2D eigenvalue weighted by Gasteiger charge is 2.52. The lowest BCUT2D eigenvalue weighted by Gasteiger charge is -2.34. The number of para-hydroxylation sites is 1. The number of anilines is 1. The van der Waals surface area contributed by atoms with Gasteiger partial charge < -0.3 is 16.0 Å². The molecule has 1 aliphatic heterocycles. The van der Waals surface area contributed by atoms with Gasteiger partial charge in [0.05, 0.1) is 17.3 Å². The van der Waals surface area contributed by atoms with Gasteiger partial charge in [-0.25, -0.2) is 4.79 Å². The van der Waals surface area contributed by atoms with Crippen LogP contribution in [0.3, 0.4) is 0 Å². The summed E-state index contributed by atoms with van der Waals surface area (Å²) in [7, 11) is 0. The quantitative estimate of drug-likeness (QED) is 0.525. The van der Waals surface area contributed by atoms with E-state index in [0.29, 0.717) is 30.0 Å². The van der Waals surface area contributed by atoms with E-state index in [0.717, 1.165) is 29.7 Å². The zero-order valence-corrected chi connectivity index (χ0v) is 20.2. The van der Waals surface area contributed by atoms with Crippen LogP contribution in [-0.2, 0) is 9.59 Å². The van der Waals surface area contributed by atoms with Crippen LogP contribution < -0.4 is 16.0 Å². The van der Waals surface area contributed by atoms with Crippen molar-refractivity contribution in [3.05, 3.63) is 65.7 Å². The van der Waals surface area contributed by atoms with E-state index in [1.807, 2.05) is 37.3 Å². The van der Waals surface area contributed by atoms with Crippen LogP contribution in [0.25, 0.3) is 0 Å². The van der Waals surface area contributed by atoms with Gasteiger partial charge in [0.15, 0.2) is 0 Å². The first kappa shape index (κ1) is 24.4. The summed E-state index contributed by atoms with van der Waals surface area (Å²) in [5.74, 6) is -0.645. The number of carbonyl (C=O) groups excluding carboxylic acids is 4. The summed E-state index contributed by atoms with van der Waals surface area (Å²) in [4.78, 5) is 52.4. The molecule has 0 aromatic heterocycles. The van der Waals surface area contributed by atoms with Crippen LogP contribution in [0.5, 0.6) is 0 Å². The molecule has 8 nitrogen and oxygen atoms in total. The molecule has 2 aromatic carbocycles. The molecule has 35 heavy (non-hydrogen) atoms. The Morgan fingerprint density at radius 1 is 1.06 bits per heavy atom. The molecule has 1 atom stereocenters. The number of benzene rings is 2. The molecule has 1 saturated heterocycles. The molecule has 0 radical (unpaired) electrons. The number of imide groups is 1. The summed E-state index contributed by atoms with van der Waals surface area (Å²) in [5, 5.41) is 8.49. The van der Waals surface area contributed by atoms with Gasteiger partial charge in [0, 0.05) is 0 Å². The fraction of sp³-hybridized carbons (Fsp3) is 0.407. The first-order chi connectivity index (χ1) is 16.8. The molecular weight excluding hydrogens is 444 g/mol. The molecule has 1 spiro atoms. The third-order valence-corrected chi connectivity index (χ3v) is 7.18. The lowest BCUT2D eigenvalue weighted by atomic mass is 9.75. The van der Waals surface area contributed by atoms with Crippen LogP contribution in [0, 0.1) is 5.92 Å². The van der Waals surface area contributed by atoms with Crippen molar-refractivity contribution in [2.24, 2.45) is 5.92 Å². The Hall–Kier alpha value is -3.68. The van der Waals surface area contributed by atoms with Gasteiger partial charge in [0.2, 0.25) is 5.91 Å². The third-order valence-electron chi connectivity index (χ3n) is 7.18. The number of carbonyl (C=O) groups is 4. The fourth-order valence-corrected chi connectivity index (χ4v) is 4.96. The maximum absolute atomic E-state index is 13.1. The van der Waals surface area contributed by atoms with Gasteiger partial charge in [-0.1, -0.05) is 55.8 Å². The predicted molar refractivity (Wildman–Crippen MR) is 133 cm³/mol. The summed E-state index contributed by atoms with van der Waals surface area (Å²) < 4.78 is 0. The minimum atomic E-state index is -0.894. The van der Waals surface area contributed by atoms with Crippen molar-refractivity contribution in [2.75, 3.05) is 11.9 Å². The van der Waals surface area contributed by atoms with Gasteiger partial charge in [0.25, 0.3) is 11.8 Å². The van der Waals surface area contributed by atoms with Crippen LogP contribution in [0.2, 0.25) is 0 Å². The zero-order chi connectivity index (χ0) is 25.0. The highest BCUT2D eigenvalue weighted by atomic mass is 16.2. The van der Waals surface area contributed by atoms with Crippen molar-refractivity contribution in [1.82, 2.24) is 15.5 Å². The van der Waals surface area contributed by atoms with Crippen LogP contribution in [0.4, 0.5) is 10.5 Å². The van der Waals surface area contributed by atoms with Crippen molar-refractivity contribution in [1.29, 1.82) is 0 Å². The Morgan fingerprint density at radius 2 is 1.71 bits per heavy atom. The van der Waals surface area contributed by atoms with Crippen molar-refractivity contribution >= 4 is 29.4 Å². The molecular formula is C27H32N4O4. The van der Waals surface area contributed by atoms with Crippen molar-refractivity contribution in [3.63, 3.8) is 0 Å². The van der Waals surface area contributed by atoms with Gasteiger partial charge in [-0.15, -0.1) is 0 Å². The average Bonchev–Trinajstić information content (AvgIpc) is 3.09. The Kier molecular flexibility index (Phi) is 7.19. The molecule has 184 valence electrons. The Morgan fingerprint density at radius 3 is 2.40 bits per heavy atom. The van der Waals surface area contributed by atoms with Gasteiger partial charge in [-0.3, -0.25) is 19.3 Å². The Balaban J connectivity index is 1.40. The summed E-state index contributed by atoms with van der Waals surface area (Å²) in [5.41, 5.74) is 0.687. The number of amides is 5. The molecule has 0 bridgehead atoms. The van der Waals surface area contributed by atoms with Gasteiger partial charge in [-0.2, -0.15) is 0 Å². The van der Waals surface area contributed by atoms with Crippen LogP contribution in [0.15, 0.2) is 54.6 Å². The Labute approximate surface area is 205 Å². The molecule has 2 aromatic rings. The fourth-order valence-electron chi connectivity index (χ4n) is 4.96. The van der Waals surface area contributed by atoms with E-state index in [9.17, 15) is 19.2 Å². The minimum absolute atomic E-state index is 0.225. The maximum Gasteiger partial charge on any atom is 0.325 e. The molecule has 4 rings (SSSR count). The summed E-state index contributed by atoms with van der Waals surface area (Å²) in [6.45, 7) is 3.62. The number of rotatable bonds is 7. The molecule has 2 fully saturated rings.